The van der Waals surface area contributed by atoms with Crippen LogP contribution in [-0.2, 0) is 0 Å². The summed E-state index contributed by atoms with van der Waals surface area (Å²) in [5.74, 6) is 4.04. The fourth-order valence-corrected chi connectivity index (χ4v) is 6.31. The molecular weight excluding hydrogens is 228 g/mol. The molecule has 4 aliphatic carbocycles. The monoisotopic (exact) mass is 254 g/mol. The van der Waals surface area contributed by atoms with Gasteiger partial charge in [0.15, 0.2) is 0 Å². The average molecular weight is 254 g/mol. The first-order chi connectivity index (χ1) is 9.29. The van der Waals surface area contributed by atoms with Crippen LogP contribution in [0.5, 0.6) is 0 Å². The van der Waals surface area contributed by atoms with E-state index in [0.29, 0.717) is 5.41 Å². The second-order valence-electron chi connectivity index (χ2n) is 7.65. The summed E-state index contributed by atoms with van der Waals surface area (Å²) in [5, 5.41) is 0. The molecule has 1 aromatic carbocycles. The van der Waals surface area contributed by atoms with E-state index in [1.807, 2.05) is 0 Å². The molecule has 0 amide bonds. The molecule has 1 atom stereocenters. The van der Waals surface area contributed by atoms with Crippen LogP contribution < -0.4 is 0 Å². The SMILES string of the molecule is CCC(c1ccccc1)C12CC3CC(CC(C3)C1)C2. The Kier molecular flexibility index (Phi) is 2.76. The summed E-state index contributed by atoms with van der Waals surface area (Å²) < 4.78 is 0. The number of hydrogen-bond donors (Lipinski definition) is 0. The van der Waals surface area contributed by atoms with E-state index in [-0.39, 0.29) is 0 Å². The summed E-state index contributed by atoms with van der Waals surface area (Å²) in [6.07, 6.45) is 10.6. The van der Waals surface area contributed by atoms with Crippen LogP contribution in [0.15, 0.2) is 30.3 Å². The minimum absolute atomic E-state index is 0.671. The molecule has 1 unspecified atom stereocenters. The predicted molar refractivity (Wildman–Crippen MR) is 80.1 cm³/mol. The maximum atomic E-state index is 2.41. The normalized spacial score (nSPS) is 41.4. The van der Waals surface area contributed by atoms with Gasteiger partial charge in [0.2, 0.25) is 0 Å². The number of benzene rings is 1. The van der Waals surface area contributed by atoms with Crippen molar-refractivity contribution in [3.05, 3.63) is 35.9 Å². The zero-order valence-corrected chi connectivity index (χ0v) is 12.1. The molecule has 102 valence electrons. The Morgan fingerprint density at radius 3 is 1.95 bits per heavy atom. The van der Waals surface area contributed by atoms with Gasteiger partial charge in [0.1, 0.15) is 0 Å². The molecular formula is C19H26. The lowest BCUT2D eigenvalue weighted by Gasteiger charge is -2.59. The van der Waals surface area contributed by atoms with Gasteiger partial charge < -0.3 is 0 Å². The van der Waals surface area contributed by atoms with Crippen molar-refractivity contribution in [2.75, 3.05) is 0 Å². The van der Waals surface area contributed by atoms with Gasteiger partial charge in [-0.15, -0.1) is 0 Å². The van der Waals surface area contributed by atoms with E-state index in [2.05, 4.69) is 37.3 Å². The summed E-state index contributed by atoms with van der Waals surface area (Å²) in [4.78, 5) is 0. The van der Waals surface area contributed by atoms with Crippen molar-refractivity contribution in [3.63, 3.8) is 0 Å². The van der Waals surface area contributed by atoms with Crippen LogP contribution in [-0.4, -0.2) is 0 Å². The highest BCUT2D eigenvalue weighted by atomic mass is 14.6. The lowest BCUT2D eigenvalue weighted by molar-refractivity contribution is -0.0693. The van der Waals surface area contributed by atoms with E-state index in [1.54, 1.807) is 24.8 Å². The fourth-order valence-electron chi connectivity index (χ4n) is 6.31. The van der Waals surface area contributed by atoms with Crippen LogP contribution in [0.25, 0.3) is 0 Å². The summed E-state index contributed by atoms with van der Waals surface area (Å²) in [6.45, 7) is 2.41. The van der Waals surface area contributed by atoms with E-state index in [9.17, 15) is 0 Å². The standard InChI is InChI=1S/C19H26/c1-2-18(17-6-4-3-5-7-17)19-11-14-8-15(12-19)10-16(9-14)13-19/h3-7,14-16,18H,2,8-13H2,1H3. The van der Waals surface area contributed by atoms with Gasteiger partial charge in [0, 0.05) is 0 Å². The van der Waals surface area contributed by atoms with Gasteiger partial charge >= 0.3 is 0 Å². The zero-order chi connectivity index (χ0) is 12.9. The molecule has 4 fully saturated rings. The fraction of sp³-hybridized carbons (Fsp3) is 0.684. The second kappa shape index (κ2) is 4.36. The average Bonchev–Trinajstić information content (AvgIpc) is 2.38. The topological polar surface area (TPSA) is 0 Å². The van der Waals surface area contributed by atoms with E-state index >= 15 is 0 Å². The Labute approximate surface area is 117 Å². The molecule has 4 saturated carbocycles. The first-order valence-electron chi connectivity index (χ1n) is 8.34. The van der Waals surface area contributed by atoms with Crippen molar-refractivity contribution < 1.29 is 0 Å². The number of hydrogen-bond acceptors (Lipinski definition) is 0. The Bertz CT molecular complexity index is 409. The maximum Gasteiger partial charge on any atom is -0.0108 e. The quantitative estimate of drug-likeness (QED) is 0.677. The minimum Gasteiger partial charge on any atom is -0.0648 e. The van der Waals surface area contributed by atoms with Gasteiger partial charge in [-0.3, -0.25) is 0 Å². The Morgan fingerprint density at radius 2 is 1.47 bits per heavy atom. The molecule has 0 aliphatic heterocycles. The van der Waals surface area contributed by atoms with Crippen molar-refractivity contribution in [2.24, 2.45) is 23.2 Å². The molecule has 0 radical (unpaired) electrons. The smallest absolute Gasteiger partial charge is 0.0108 e. The Morgan fingerprint density at radius 1 is 0.947 bits per heavy atom. The van der Waals surface area contributed by atoms with Crippen LogP contribution in [0.1, 0.15) is 63.4 Å². The van der Waals surface area contributed by atoms with Crippen LogP contribution in [0.4, 0.5) is 0 Å². The third-order valence-corrected chi connectivity index (χ3v) is 6.43. The van der Waals surface area contributed by atoms with Crippen LogP contribution in [0, 0.1) is 23.2 Å². The highest BCUT2D eigenvalue weighted by Gasteiger charge is 2.53. The molecule has 0 N–H and O–H groups in total. The summed E-state index contributed by atoms with van der Waals surface area (Å²) in [5.41, 5.74) is 2.29. The molecule has 0 heteroatoms. The molecule has 0 heterocycles. The predicted octanol–water partition coefficient (Wildman–Crippen LogP) is 5.40. The molecule has 0 saturated heterocycles. The Balaban J connectivity index is 1.70. The van der Waals surface area contributed by atoms with Crippen molar-refractivity contribution in [2.45, 2.75) is 57.8 Å². The Hall–Kier alpha value is -0.780. The zero-order valence-electron chi connectivity index (χ0n) is 12.1. The van der Waals surface area contributed by atoms with Crippen molar-refractivity contribution in [1.82, 2.24) is 0 Å². The first kappa shape index (κ1) is 12.0. The molecule has 1 aromatic rings. The van der Waals surface area contributed by atoms with Crippen molar-refractivity contribution in [1.29, 1.82) is 0 Å². The molecule has 19 heavy (non-hydrogen) atoms. The van der Waals surface area contributed by atoms with Gasteiger partial charge in [-0.2, -0.15) is 0 Å². The van der Waals surface area contributed by atoms with E-state index in [0.717, 1.165) is 23.7 Å². The van der Waals surface area contributed by atoms with Gasteiger partial charge in [-0.25, -0.2) is 0 Å². The lowest BCUT2D eigenvalue weighted by atomic mass is 9.45. The van der Waals surface area contributed by atoms with Gasteiger partial charge in [-0.05, 0) is 79.6 Å². The molecule has 0 nitrogen and oxygen atoms in total. The molecule has 5 rings (SSSR count). The minimum atomic E-state index is 0.671. The molecule has 4 bridgehead atoms. The third-order valence-electron chi connectivity index (χ3n) is 6.43. The third kappa shape index (κ3) is 1.87. The van der Waals surface area contributed by atoms with E-state index in [1.165, 1.54) is 25.7 Å². The maximum absolute atomic E-state index is 2.41. The molecule has 0 spiro atoms. The largest absolute Gasteiger partial charge is 0.0648 e. The van der Waals surface area contributed by atoms with Crippen LogP contribution in [0.3, 0.4) is 0 Å². The highest BCUT2D eigenvalue weighted by Crippen LogP contribution is 2.65. The van der Waals surface area contributed by atoms with E-state index in [4.69, 9.17) is 0 Å². The summed E-state index contributed by atoms with van der Waals surface area (Å²) in [7, 11) is 0. The van der Waals surface area contributed by atoms with Crippen molar-refractivity contribution in [3.8, 4) is 0 Å². The summed E-state index contributed by atoms with van der Waals surface area (Å²) in [6, 6.07) is 11.4. The molecule has 4 aliphatic rings. The van der Waals surface area contributed by atoms with Gasteiger partial charge in [0.25, 0.3) is 0 Å². The van der Waals surface area contributed by atoms with Gasteiger partial charge in [-0.1, -0.05) is 37.3 Å². The highest BCUT2D eigenvalue weighted by molar-refractivity contribution is 5.24. The van der Waals surface area contributed by atoms with Crippen LogP contribution >= 0.6 is 0 Å². The van der Waals surface area contributed by atoms with Crippen LogP contribution in [0.2, 0.25) is 0 Å². The van der Waals surface area contributed by atoms with E-state index < -0.39 is 0 Å². The molecule has 0 aromatic heterocycles. The second-order valence-corrected chi connectivity index (χ2v) is 7.65. The first-order valence-corrected chi connectivity index (χ1v) is 8.34. The van der Waals surface area contributed by atoms with Crippen molar-refractivity contribution >= 4 is 0 Å². The summed E-state index contributed by atoms with van der Waals surface area (Å²) >= 11 is 0. The lowest BCUT2D eigenvalue weighted by Crippen LogP contribution is -2.48. The van der Waals surface area contributed by atoms with Gasteiger partial charge in [0.05, 0.1) is 0 Å². The number of rotatable bonds is 3.